The summed E-state index contributed by atoms with van der Waals surface area (Å²) in [4.78, 5) is 0. The van der Waals surface area contributed by atoms with Crippen molar-refractivity contribution in [2.75, 3.05) is 6.61 Å². The van der Waals surface area contributed by atoms with Gasteiger partial charge in [-0.3, -0.25) is 0 Å². The zero-order chi connectivity index (χ0) is 6.16. The summed E-state index contributed by atoms with van der Waals surface area (Å²) in [5, 5.41) is 0. The Bertz CT molecular complexity index is 97.1. The van der Waals surface area contributed by atoms with Gasteiger partial charge in [0.15, 0.2) is 0 Å². The van der Waals surface area contributed by atoms with E-state index in [4.69, 9.17) is 4.74 Å². The second kappa shape index (κ2) is 1.98. The van der Waals surface area contributed by atoms with Crippen LogP contribution in [0.5, 0.6) is 0 Å². The van der Waals surface area contributed by atoms with Crippen molar-refractivity contribution in [2.24, 2.45) is 0 Å². The van der Waals surface area contributed by atoms with Crippen LogP contribution in [-0.2, 0) is 4.74 Å². The van der Waals surface area contributed by atoms with E-state index < -0.39 is 0 Å². The maximum Gasteiger partial charge on any atom is 0.0682 e. The summed E-state index contributed by atoms with van der Waals surface area (Å²) in [5.74, 6) is 0. The third-order valence-electron chi connectivity index (χ3n) is 2.58. The topological polar surface area (TPSA) is 9.23 Å². The predicted molar refractivity (Wildman–Crippen MR) is 36.1 cm³/mol. The molecule has 1 aliphatic carbocycles. The smallest absolute Gasteiger partial charge is 0.0682 e. The van der Waals surface area contributed by atoms with Crippen molar-refractivity contribution in [3.05, 3.63) is 6.42 Å². The molecule has 0 aromatic heterocycles. The Morgan fingerprint density at radius 2 is 2.11 bits per heavy atom. The molecule has 1 saturated heterocycles. The first-order valence-corrected chi connectivity index (χ1v) is 3.87. The average Bonchev–Trinajstić information content (AvgIpc) is 1.87. The van der Waals surface area contributed by atoms with Crippen LogP contribution in [0.4, 0.5) is 0 Å². The molecule has 0 amide bonds. The van der Waals surface area contributed by atoms with E-state index in [9.17, 15) is 0 Å². The molecule has 0 atom stereocenters. The first kappa shape index (κ1) is 5.72. The molecular weight excluding hydrogens is 112 g/mol. The molecule has 1 saturated carbocycles. The fraction of sp³-hybridized carbons (Fsp3) is 0.875. The van der Waals surface area contributed by atoms with Crippen molar-refractivity contribution in [2.45, 2.75) is 37.7 Å². The summed E-state index contributed by atoms with van der Waals surface area (Å²) in [6.45, 7) is 0.903. The van der Waals surface area contributed by atoms with Gasteiger partial charge in [0.25, 0.3) is 0 Å². The van der Waals surface area contributed by atoms with Crippen molar-refractivity contribution in [1.82, 2.24) is 0 Å². The lowest BCUT2D eigenvalue weighted by molar-refractivity contribution is -0.112. The van der Waals surface area contributed by atoms with Gasteiger partial charge < -0.3 is 4.74 Å². The molecule has 51 valence electrons. The second-order valence-electron chi connectivity index (χ2n) is 3.17. The van der Waals surface area contributed by atoms with Gasteiger partial charge in [-0.1, -0.05) is 0 Å². The molecule has 1 radical (unpaired) electrons. The fourth-order valence-corrected chi connectivity index (χ4v) is 1.72. The minimum atomic E-state index is 0.370. The molecule has 0 unspecified atom stereocenters. The van der Waals surface area contributed by atoms with Crippen LogP contribution in [0.3, 0.4) is 0 Å². The van der Waals surface area contributed by atoms with Crippen molar-refractivity contribution in [1.29, 1.82) is 0 Å². The van der Waals surface area contributed by atoms with Crippen LogP contribution in [-0.4, -0.2) is 12.2 Å². The first-order chi connectivity index (χ1) is 4.41. The molecule has 2 fully saturated rings. The lowest BCUT2D eigenvalue weighted by Crippen LogP contribution is -2.42. The Morgan fingerprint density at radius 1 is 1.22 bits per heavy atom. The predicted octanol–water partition coefficient (Wildman–Crippen LogP) is 1.92. The molecule has 2 rings (SSSR count). The number of hydrogen-bond acceptors (Lipinski definition) is 1. The number of hydrogen-bond donors (Lipinski definition) is 0. The third kappa shape index (κ3) is 0.877. The van der Waals surface area contributed by atoms with Crippen LogP contribution in [0, 0.1) is 6.42 Å². The SMILES string of the molecule is [CH]1CCC2(CCC2)OC1. The third-order valence-corrected chi connectivity index (χ3v) is 2.58. The van der Waals surface area contributed by atoms with E-state index in [1.807, 2.05) is 0 Å². The lowest BCUT2D eigenvalue weighted by atomic mass is 9.75. The van der Waals surface area contributed by atoms with E-state index in [1.54, 1.807) is 0 Å². The quantitative estimate of drug-likeness (QED) is 0.480. The monoisotopic (exact) mass is 125 g/mol. The minimum Gasteiger partial charge on any atom is -0.375 e. The van der Waals surface area contributed by atoms with Gasteiger partial charge in [-0.15, -0.1) is 0 Å². The lowest BCUT2D eigenvalue weighted by Gasteiger charge is -2.44. The minimum absolute atomic E-state index is 0.370. The van der Waals surface area contributed by atoms with Crippen LogP contribution in [0.15, 0.2) is 0 Å². The molecule has 0 bridgehead atoms. The fourth-order valence-electron chi connectivity index (χ4n) is 1.72. The molecule has 0 aromatic carbocycles. The van der Waals surface area contributed by atoms with E-state index in [0.717, 1.165) is 6.61 Å². The molecule has 1 heteroatoms. The van der Waals surface area contributed by atoms with E-state index in [-0.39, 0.29) is 0 Å². The highest BCUT2D eigenvalue weighted by molar-refractivity contribution is 4.94. The van der Waals surface area contributed by atoms with E-state index in [0.29, 0.717) is 5.60 Å². The Balaban J connectivity index is 1.93. The van der Waals surface area contributed by atoms with Gasteiger partial charge in [0.05, 0.1) is 12.2 Å². The number of ether oxygens (including phenoxy) is 1. The van der Waals surface area contributed by atoms with Gasteiger partial charge in [-0.25, -0.2) is 0 Å². The van der Waals surface area contributed by atoms with Crippen molar-refractivity contribution in [3.63, 3.8) is 0 Å². The summed E-state index contributed by atoms with van der Waals surface area (Å²) in [5.41, 5.74) is 0.370. The normalized spacial score (nSPS) is 32.0. The van der Waals surface area contributed by atoms with E-state index in [2.05, 4.69) is 6.42 Å². The van der Waals surface area contributed by atoms with Crippen LogP contribution >= 0.6 is 0 Å². The molecular formula is C8H13O. The highest BCUT2D eigenvalue weighted by Gasteiger charge is 2.38. The van der Waals surface area contributed by atoms with Crippen molar-refractivity contribution in [3.8, 4) is 0 Å². The molecule has 0 aromatic rings. The zero-order valence-corrected chi connectivity index (χ0v) is 5.73. The molecule has 1 aliphatic heterocycles. The number of rotatable bonds is 0. The summed E-state index contributed by atoms with van der Waals surface area (Å²) in [6, 6.07) is 0. The Morgan fingerprint density at radius 3 is 2.44 bits per heavy atom. The average molecular weight is 125 g/mol. The Labute approximate surface area is 56.4 Å². The van der Waals surface area contributed by atoms with E-state index >= 15 is 0 Å². The maximum atomic E-state index is 5.65. The van der Waals surface area contributed by atoms with Gasteiger partial charge in [-0.2, -0.15) is 0 Å². The maximum absolute atomic E-state index is 5.65. The van der Waals surface area contributed by atoms with Gasteiger partial charge in [0, 0.05) is 0 Å². The van der Waals surface area contributed by atoms with Crippen LogP contribution < -0.4 is 0 Å². The molecule has 0 N–H and O–H groups in total. The highest BCUT2D eigenvalue weighted by atomic mass is 16.5. The molecule has 1 nitrogen and oxygen atoms in total. The first-order valence-electron chi connectivity index (χ1n) is 3.87. The van der Waals surface area contributed by atoms with Crippen LogP contribution in [0.1, 0.15) is 32.1 Å². The van der Waals surface area contributed by atoms with Gasteiger partial charge >= 0.3 is 0 Å². The molecule has 1 spiro atoms. The summed E-state index contributed by atoms with van der Waals surface area (Å²) in [6.07, 6.45) is 8.83. The standard InChI is InChI=1S/C8H13O/c1-2-7-9-8(4-1)5-3-6-8/h2H,1,3-7H2. The van der Waals surface area contributed by atoms with Crippen molar-refractivity contribution >= 4 is 0 Å². The Kier molecular flexibility index (Phi) is 1.26. The van der Waals surface area contributed by atoms with Crippen molar-refractivity contribution < 1.29 is 4.74 Å². The molecule has 1 heterocycles. The summed E-state index contributed by atoms with van der Waals surface area (Å²) in [7, 11) is 0. The van der Waals surface area contributed by atoms with Gasteiger partial charge in [0.1, 0.15) is 0 Å². The Hall–Kier alpha value is -0.0400. The van der Waals surface area contributed by atoms with Crippen LogP contribution in [0.2, 0.25) is 0 Å². The van der Waals surface area contributed by atoms with Crippen LogP contribution in [0.25, 0.3) is 0 Å². The zero-order valence-electron chi connectivity index (χ0n) is 5.73. The van der Waals surface area contributed by atoms with E-state index in [1.165, 1.54) is 32.1 Å². The van der Waals surface area contributed by atoms with Gasteiger partial charge in [-0.05, 0) is 38.5 Å². The summed E-state index contributed by atoms with van der Waals surface area (Å²) < 4.78 is 5.65. The molecule has 9 heavy (non-hydrogen) atoms. The second-order valence-corrected chi connectivity index (χ2v) is 3.17. The largest absolute Gasteiger partial charge is 0.375 e. The molecule has 2 aliphatic rings. The van der Waals surface area contributed by atoms with Gasteiger partial charge in [0.2, 0.25) is 0 Å². The highest BCUT2D eigenvalue weighted by Crippen LogP contribution is 2.41. The summed E-state index contributed by atoms with van der Waals surface area (Å²) >= 11 is 0.